The molecule has 0 aliphatic carbocycles. The highest BCUT2D eigenvalue weighted by molar-refractivity contribution is 9.10. The lowest BCUT2D eigenvalue weighted by Gasteiger charge is -2.21. The number of aromatic nitrogens is 2. The summed E-state index contributed by atoms with van der Waals surface area (Å²) in [5, 5.41) is 7.23. The van der Waals surface area contributed by atoms with Gasteiger partial charge in [-0.15, -0.1) is 0 Å². The van der Waals surface area contributed by atoms with E-state index in [0.717, 1.165) is 20.2 Å². The van der Waals surface area contributed by atoms with Crippen molar-refractivity contribution < 1.29 is 9.53 Å². The normalized spacial score (nSPS) is 11.4. The Morgan fingerprint density at radius 2 is 2.00 bits per heavy atom. The molecule has 0 unspecified atom stereocenters. The van der Waals surface area contributed by atoms with Gasteiger partial charge in [0.15, 0.2) is 0 Å². The molecule has 0 spiro atoms. The van der Waals surface area contributed by atoms with Crippen LogP contribution < -0.4 is 15.8 Å². The maximum atomic E-state index is 12.6. The molecule has 0 radical (unpaired) electrons. The van der Waals surface area contributed by atoms with Gasteiger partial charge in [0.05, 0.1) is 16.4 Å². The van der Waals surface area contributed by atoms with Crippen LogP contribution in [0.25, 0.3) is 11.3 Å². The van der Waals surface area contributed by atoms with Crippen molar-refractivity contribution in [3.8, 4) is 17.0 Å². The Kier molecular flexibility index (Phi) is 6.45. The van der Waals surface area contributed by atoms with Gasteiger partial charge in [0.1, 0.15) is 12.4 Å². The van der Waals surface area contributed by atoms with Crippen LogP contribution in [-0.2, 0) is 7.05 Å². The highest BCUT2D eigenvalue weighted by atomic mass is 79.9. The average molecular weight is 522 g/mol. The van der Waals surface area contributed by atoms with E-state index >= 15 is 0 Å². The number of anilines is 1. The summed E-state index contributed by atoms with van der Waals surface area (Å²) < 4.78 is 9.41. The number of hydrogen-bond acceptors (Lipinski definition) is 4. The number of aryl methyl sites for hydroxylation is 1. The molecule has 3 aromatic rings. The molecule has 0 bridgehead atoms. The summed E-state index contributed by atoms with van der Waals surface area (Å²) in [4.78, 5) is 12.6. The zero-order valence-electron chi connectivity index (χ0n) is 16.4. The summed E-state index contributed by atoms with van der Waals surface area (Å²) >= 11 is 6.93. The maximum Gasteiger partial charge on any atom is 0.255 e. The van der Waals surface area contributed by atoms with Crippen LogP contribution in [-0.4, -0.2) is 27.8 Å². The van der Waals surface area contributed by atoms with Crippen molar-refractivity contribution >= 4 is 43.5 Å². The molecule has 1 amide bonds. The Morgan fingerprint density at radius 1 is 1.24 bits per heavy atom. The molecule has 2 aromatic carbocycles. The second-order valence-electron chi connectivity index (χ2n) is 7.42. The van der Waals surface area contributed by atoms with E-state index in [1.165, 1.54) is 0 Å². The van der Waals surface area contributed by atoms with Crippen molar-refractivity contribution in [3.05, 3.63) is 63.2 Å². The van der Waals surface area contributed by atoms with Crippen molar-refractivity contribution in [1.29, 1.82) is 0 Å². The molecule has 3 rings (SSSR count). The summed E-state index contributed by atoms with van der Waals surface area (Å²) in [6, 6.07) is 12.7. The predicted octanol–water partition coefficient (Wildman–Crippen LogP) is 4.98. The van der Waals surface area contributed by atoms with Gasteiger partial charge in [-0.2, -0.15) is 5.10 Å². The highest BCUT2D eigenvalue weighted by Gasteiger charge is 2.19. The molecule has 1 aromatic heterocycles. The molecule has 0 saturated carbocycles. The van der Waals surface area contributed by atoms with Gasteiger partial charge < -0.3 is 15.8 Å². The second-order valence-corrected chi connectivity index (χ2v) is 9.19. The van der Waals surface area contributed by atoms with Crippen molar-refractivity contribution in [1.82, 2.24) is 9.78 Å². The molecule has 0 fully saturated rings. The van der Waals surface area contributed by atoms with E-state index in [1.54, 1.807) is 23.0 Å². The van der Waals surface area contributed by atoms with Crippen molar-refractivity contribution in [2.75, 3.05) is 11.9 Å². The number of nitrogens with zero attached hydrogens (tertiary/aromatic N) is 2. The number of amides is 1. The van der Waals surface area contributed by atoms with Crippen LogP contribution in [0, 0.1) is 0 Å². The molecule has 152 valence electrons. The minimum atomic E-state index is -0.478. The fraction of sp³-hybridized carbons (Fsp3) is 0.238. The van der Waals surface area contributed by atoms with Gasteiger partial charge in [-0.3, -0.25) is 9.48 Å². The SMILES string of the molecule is Cn1ncc(Br)c1-c1cc(NC(=O)c2cccc(Br)c2)ccc1OCC(C)(C)N. The number of rotatable bonds is 6. The molecule has 3 N–H and O–H groups in total. The summed E-state index contributed by atoms with van der Waals surface area (Å²) in [6.07, 6.45) is 1.72. The van der Waals surface area contributed by atoms with Crippen LogP contribution in [0.15, 0.2) is 57.6 Å². The number of benzene rings is 2. The molecule has 8 heteroatoms. The fourth-order valence-electron chi connectivity index (χ4n) is 2.73. The zero-order chi connectivity index (χ0) is 21.2. The van der Waals surface area contributed by atoms with E-state index in [0.29, 0.717) is 23.6 Å². The number of carbonyl (C=O) groups excluding carboxylic acids is 1. The van der Waals surface area contributed by atoms with Gasteiger partial charge in [-0.25, -0.2) is 0 Å². The van der Waals surface area contributed by atoms with E-state index < -0.39 is 5.54 Å². The average Bonchev–Trinajstić information content (AvgIpc) is 2.98. The molecule has 0 saturated heterocycles. The third-order valence-corrected chi connectivity index (χ3v) is 5.15. The van der Waals surface area contributed by atoms with Crippen LogP contribution in [0.4, 0.5) is 5.69 Å². The van der Waals surface area contributed by atoms with Crippen molar-refractivity contribution in [2.45, 2.75) is 19.4 Å². The van der Waals surface area contributed by atoms with E-state index in [4.69, 9.17) is 10.5 Å². The number of hydrogen-bond donors (Lipinski definition) is 2. The molecule has 1 heterocycles. The molecule has 6 nitrogen and oxygen atoms in total. The first-order chi connectivity index (χ1) is 13.6. The van der Waals surface area contributed by atoms with Crippen LogP contribution in [0.2, 0.25) is 0 Å². The molecule has 0 atom stereocenters. The van der Waals surface area contributed by atoms with Crippen molar-refractivity contribution in [2.24, 2.45) is 12.8 Å². The first-order valence-electron chi connectivity index (χ1n) is 8.94. The Morgan fingerprint density at radius 3 is 2.62 bits per heavy atom. The van der Waals surface area contributed by atoms with Gasteiger partial charge in [-0.1, -0.05) is 22.0 Å². The Labute approximate surface area is 186 Å². The van der Waals surface area contributed by atoms with Crippen LogP contribution in [0.3, 0.4) is 0 Å². The van der Waals surface area contributed by atoms with E-state index in [1.807, 2.05) is 51.2 Å². The van der Waals surface area contributed by atoms with Gasteiger partial charge in [0, 0.05) is 33.9 Å². The van der Waals surface area contributed by atoms with Gasteiger partial charge in [-0.05, 0) is 66.2 Å². The lowest BCUT2D eigenvalue weighted by Crippen LogP contribution is -2.38. The molecule has 0 aliphatic rings. The minimum Gasteiger partial charge on any atom is -0.491 e. The van der Waals surface area contributed by atoms with Crippen LogP contribution >= 0.6 is 31.9 Å². The second kappa shape index (κ2) is 8.69. The minimum absolute atomic E-state index is 0.196. The maximum absolute atomic E-state index is 12.6. The van der Waals surface area contributed by atoms with Gasteiger partial charge in [0.25, 0.3) is 5.91 Å². The van der Waals surface area contributed by atoms with E-state index in [9.17, 15) is 4.79 Å². The van der Waals surface area contributed by atoms with Gasteiger partial charge >= 0.3 is 0 Å². The smallest absolute Gasteiger partial charge is 0.255 e. The Balaban J connectivity index is 1.96. The third-order valence-electron chi connectivity index (χ3n) is 4.07. The first-order valence-corrected chi connectivity index (χ1v) is 10.5. The molecular weight excluding hydrogens is 500 g/mol. The van der Waals surface area contributed by atoms with E-state index in [-0.39, 0.29) is 5.91 Å². The summed E-state index contributed by atoms with van der Waals surface area (Å²) in [5.74, 6) is 0.464. The van der Waals surface area contributed by atoms with Crippen LogP contribution in [0.1, 0.15) is 24.2 Å². The third kappa shape index (κ3) is 5.46. The number of ether oxygens (including phenoxy) is 1. The van der Waals surface area contributed by atoms with E-state index in [2.05, 4.69) is 42.3 Å². The molecular formula is C21H22Br2N4O2. The molecule has 29 heavy (non-hydrogen) atoms. The standard InChI is InChI=1S/C21H22Br2N4O2/c1-21(2,24)12-29-18-8-7-15(10-16(18)19-17(23)11-25-27(19)3)26-20(28)13-5-4-6-14(22)9-13/h4-11H,12,24H2,1-3H3,(H,26,28). The number of nitrogens with two attached hydrogens (primary N) is 1. The lowest BCUT2D eigenvalue weighted by molar-refractivity contribution is 0.102. The van der Waals surface area contributed by atoms with Crippen LogP contribution in [0.5, 0.6) is 5.75 Å². The fourth-order valence-corrected chi connectivity index (χ4v) is 3.69. The summed E-state index contributed by atoms with van der Waals surface area (Å²) in [5.41, 5.74) is 8.45. The zero-order valence-corrected chi connectivity index (χ0v) is 19.5. The Hall–Kier alpha value is -2.16. The lowest BCUT2D eigenvalue weighted by atomic mass is 10.1. The topological polar surface area (TPSA) is 82.2 Å². The quantitative estimate of drug-likeness (QED) is 0.479. The highest BCUT2D eigenvalue weighted by Crippen LogP contribution is 2.37. The number of carbonyl (C=O) groups is 1. The Bertz CT molecular complexity index is 1020. The monoisotopic (exact) mass is 520 g/mol. The number of halogens is 2. The van der Waals surface area contributed by atoms with Crippen molar-refractivity contribution in [3.63, 3.8) is 0 Å². The predicted molar refractivity (Wildman–Crippen MR) is 122 cm³/mol. The largest absolute Gasteiger partial charge is 0.491 e. The van der Waals surface area contributed by atoms with Gasteiger partial charge in [0.2, 0.25) is 0 Å². The number of nitrogens with one attached hydrogen (secondary N) is 1. The molecule has 0 aliphatic heterocycles. The summed E-state index contributed by atoms with van der Waals surface area (Å²) in [6.45, 7) is 4.15. The summed E-state index contributed by atoms with van der Waals surface area (Å²) in [7, 11) is 1.85. The first kappa shape index (κ1) is 21.5.